The molecule has 3 rings (SSSR count). The van der Waals surface area contributed by atoms with E-state index in [1.165, 1.54) is 12.1 Å². The number of H-pyrrole nitrogens is 1. The van der Waals surface area contributed by atoms with Crippen LogP contribution < -0.4 is 17.2 Å². The van der Waals surface area contributed by atoms with E-state index in [1.807, 2.05) is 0 Å². The first kappa shape index (κ1) is 16.4. The number of nitrogens with one attached hydrogen (secondary N) is 1. The van der Waals surface area contributed by atoms with Crippen molar-refractivity contribution in [3.63, 3.8) is 0 Å². The zero-order chi connectivity index (χ0) is 18.1. The van der Waals surface area contributed by atoms with Gasteiger partial charge in [0.05, 0.1) is 5.56 Å². The summed E-state index contributed by atoms with van der Waals surface area (Å²) in [5.41, 5.74) is 19.5. The molecule has 0 spiro atoms. The number of nitrogen functional groups attached to an aromatic ring is 1. The number of aromatic amines is 1. The van der Waals surface area contributed by atoms with E-state index in [0.717, 1.165) is 6.41 Å². The van der Waals surface area contributed by atoms with Gasteiger partial charge in [-0.3, -0.25) is 9.59 Å². The van der Waals surface area contributed by atoms with E-state index in [1.54, 1.807) is 23.1 Å². The fourth-order valence-corrected chi connectivity index (χ4v) is 3.01. The smallest absolute Gasteiger partial charge is 0.251 e. The monoisotopic (exact) mass is 341 g/mol. The molecule has 0 radical (unpaired) electrons. The number of likely N-dealkylation sites (tertiary alicyclic amines) is 1. The lowest BCUT2D eigenvalue weighted by atomic mass is 9.92. The number of benzene rings is 1. The highest BCUT2D eigenvalue weighted by atomic mass is 16.3. The average molecular weight is 341 g/mol. The molecule has 0 atom stereocenters. The van der Waals surface area contributed by atoms with Crippen molar-refractivity contribution in [1.82, 2.24) is 9.88 Å². The number of anilines is 1. The molecule has 1 saturated heterocycles. The number of carbonyl (C=O) groups excluding carboxylic acids is 2. The number of primary amides is 1. The van der Waals surface area contributed by atoms with E-state index < -0.39 is 5.91 Å². The molecule has 8 N–H and O–H groups in total. The van der Waals surface area contributed by atoms with E-state index in [0.29, 0.717) is 29.9 Å². The lowest BCUT2D eigenvalue weighted by Gasteiger charge is -2.36. The summed E-state index contributed by atoms with van der Waals surface area (Å²) in [6.07, 6.45) is 2.27. The van der Waals surface area contributed by atoms with Crippen LogP contribution in [0.4, 0.5) is 5.82 Å². The third-order valence-corrected chi connectivity index (χ3v) is 4.33. The largest absolute Gasteiger partial charge is 0.507 e. The summed E-state index contributed by atoms with van der Waals surface area (Å²) >= 11 is 0. The maximum absolute atomic E-state index is 12.0. The van der Waals surface area contributed by atoms with E-state index in [9.17, 15) is 14.7 Å². The molecule has 2 heterocycles. The van der Waals surface area contributed by atoms with Gasteiger partial charge in [-0.15, -0.1) is 0 Å². The van der Waals surface area contributed by atoms with Crippen molar-refractivity contribution in [2.75, 3.05) is 18.8 Å². The van der Waals surface area contributed by atoms with Crippen molar-refractivity contribution in [2.45, 2.75) is 5.92 Å². The molecule has 2 aromatic rings. The topological polar surface area (TPSA) is 151 Å². The van der Waals surface area contributed by atoms with Gasteiger partial charge in [-0.25, -0.2) is 0 Å². The van der Waals surface area contributed by atoms with Gasteiger partial charge >= 0.3 is 0 Å². The quantitative estimate of drug-likeness (QED) is 0.499. The molecule has 0 bridgehead atoms. The van der Waals surface area contributed by atoms with E-state index in [2.05, 4.69) is 4.98 Å². The minimum Gasteiger partial charge on any atom is -0.507 e. The summed E-state index contributed by atoms with van der Waals surface area (Å²) < 4.78 is 0. The minimum absolute atomic E-state index is 0.0202. The highest BCUT2D eigenvalue weighted by Crippen LogP contribution is 2.34. The van der Waals surface area contributed by atoms with E-state index in [4.69, 9.17) is 17.2 Å². The molecule has 1 fully saturated rings. The Labute approximate surface area is 143 Å². The Morgan fingerprint density at radius 1 is 1.28 bits per heavy atom. The van der Waals surface area contributed by atoms with Crippen LogP contribution in [-0.2, 0) is 4.79 Å². The van der Waals surface area contributed by atoms with Crippen LogP contribution in [-0.4, -0.2) is 40.4 Å². The fourth-order valence-electron chi connectivity index (χ4n) is 3.01. The van der Waals surface area contributed by atoms with Gasteiger partial charge in [0.25, 0.3) is 5.91 Å². The van der Waals surface area contributed by atoms with Crippen molar-refractivity contribution in [2.24, 2.45) is 11.5 Å². The van der Waals surface area contributed by atoms with Crippen LogP contribution in [0.15, 0.2) is 24.3 Å². The molecule has 2 amide bonds. The first-order valence-electron chi connectivity index (χ1n) is 7.68. The van der Waals surface area contributed by atoms with Crippen LogP contribution in [0, 0.1) is 0 Å². The van der Waals surface area contributed by atoms with Crippen LogP contribution in [0.5, 0.6) is 5.75 Å². The average Bonchev–Trinajstić information content (AvgIpc) is 2.83. The Balaban J connectivity index is 2.03. The van der Waals surface area contributed by atoms with E-state index >= 15 is 0 Å². The molecular formula is C17H19N5O3. The molecule has 1 aliphatic heterocycles. The van der Waals surface area contributed by atoms with Crippen LogP contribution in [0.2, 0.25) is 0 Å². The lowest BCUT2D eigenvalue weighted by molar-refractivity contribution is -0.122. The van der Waals surface area contributed by atoms with Crippen molar-refractivity contribution in [1.29, 1.82) is 0 Å². The van der Waals surface area contributed by atoms with Crippen LogP contribution in [0.3, 0.4) is 0 Å². The number of nitrogens with zero attached hydrogens (tertiary/aromatic N) is 1. The van der Waals surface area contributed by atoms with Gasteiger partial charge in [0, 0.05) is 41.5 Å². The summed E-state index contributed by atoms with van der Waals surface area (Å²) in [5.74, 6) is -0.397. The Bertz CT molecular complexity index is 865. The first-order valence-corrected chi connectivity index (χ1v) is 7.68. The van der Waals surface area contributed by atoms with Crippen molar-refractivity contribution >= 4 is 29.9 Å². The highest BCUT2D eigenvalue weighted by molar-refractivity contribution is 6.02. The number of rotatable bonds is 5. The molecule has 8 nitrogen and oxygen atoms in total. The van der Waals surface area contributed by atoms with Crippen molar-refractivity contribution < 1.29 is 14.7 Å². The zero-order valence-corrected chi connectivity index (χ0v) is 13.4. The Morgan fingerprint density at radius 3 is 2.56 bits per heavy atom. The van der Waals surface area contributed by atoms with Gasteiger partial charge in [-0.1, -0.05) is 12.1 Å². The molecule has 8 heteroatoms. The second-order valence-corrected chi connectivity index (χ2v) is 5.98. The van der Waals surface area contributed by atoms with Crippen molar-refractivity contribution in [3.05, 3.63) is 46.6 Å². The highest BCUT2D eigenvalue weighted by Gasteiger charge is 2.33. The number of phenols is 1. The Morgan fingerprint density at radius 2 is 1.96 bits per heavy atom. The van der Waals surface area contributed by atoms with Gasteiger partial charge < -0.3 is 32.2 Å². The van der Waals surface area contributed by atoms with Crippen LogP contribution >= 0.6 is 0 Å². The second-order valence-electron chi connectivity index (χ2n) is 5.98. The lowest BCUT2D eigenvalue weighted by Crippen LogP contribution is -2.44. The number of carbonyl (C=O) groups is 2. The number of nitrogens with two attached hydrogens (primary N) is 3. The number of aromatic hydroxyl groups is 1. The molecule has 1 aromatic heterocycles. The van der Waals surface area contributed by atoms with Crippen molar-refractivity contribution in [3.8, 4) is 5.75 Å². The number of para-hydroxylation sites is 1. The third-order valence-electron chi connectivity index (χ3n) is 4.33. The predicted molar refractivity (Wildman–Crippen MR) is 94.3 cm³/mol. The summed E-state index contributed by atoms with van der Waals surface area (Å²) in [6.45, 7) is 0.976. The van der Waals surface area contributed by atoms with Gasteiger partial charge in [0.2, 0.25) is 6.41 Å². The maximum atomic E-state index is 12.0. The fraction of sp³-hybridized carbons (Fsp3) is 0.176. The molecule has 130 valence electrons. The SMILES string of the molecule is NC(=O)c1c(C2CN(C=O)C2)[nH]c(N)c1/C=C(\N)c1ccccc1O. The molecular weight excluding hydrogens is 322 g/mol. The summed E-state index contributed by atoms with van der Waals surface area (Å²) in [5, 5.41) is 9.91. The summed E-state index contributed by atoms with van der Waals surface area (Å²) in [4.78, 5) is 27.3. The predicted octanol–water partition coefficient (Wildman–Crippen LogP) is 0.414. The van der Waals surface area contributed by atoms with Crippen LogP contribution in [0.25, 0.3) is 11.8 Å². The normalized spacial score (nSPS) is 15.0. The van der Waals surface area contributed by atoms with Crippen LogP contribution in [0.1, 0.15) is 33.1 Å². The first-order chi connectivity index (χ1) is 11.9. The number of phenolic OH excluding ortho intramolecular Hbond substituents is 1. The number of hydrogen-bond acceptors (Lipinski definition) is 5. The molecule has 25 heavy (non-hydrogen) atoms. The van der Waals surface area contributed by atoms with E-state index in [-0.39, 0.29) is 28.7 Å². The van der Waals surface area contributed by atoms with Gasteiger partial charge in [-0.2, -0.15) is 0 Å². The second kappa shape index (κ2) is 6.23. The number of hydrogen-bond donors (Lipinski definition) is 5. The molecule has 0 saturated carbocycles. The zero-order valence-electron chi connectivity index (χ0n) is 13.4. The Kier molecular flexibility index (Phi) is 4.10. The van der Waals surface area contributed by atoms with Gasteiger partial charge in [0.15, 0.2) is 0 Å². The summed E-state index contributed by atoms with van der Waals surface area (Å²) in [7, 11) is 0. The minimum atomic E-state index is -0.635. The van der Waals surface area contributed by atoms with Gasteiger partial charge in [-0.05, 0) is 18.2 Å². The Hall–Kier alpha value is -3.42. The molecule has 1 aliphatic rings. The maximum Gasteiger partial charge on any atom is 0.251 e. The number of amides is 2. The van der Waals surface area contributed by atoms with Gasteiger partial charge in [0.1, 0.15) is 11.6 Å². The third kappa shape index (κ3) is 2.89. The number of aromatic nitrogens is 1. The molecule has 0 aliphatic carbocycles. The molecule has 1 aromatic carbocycles. The summed E-state index contributed by atoms with van der Waals surface area (Å²) in [6, 6.07) is 6.58. The standard InChI is InChI=1S/C17H19N5O3/c18-12(10-3-1-2-4-13(10)24)5-11-14(17(20)25)15(21-16(11)19)9-6-22(7-9)8-23/h1-5,8-9,21,24H,6-7,18-19H2,(H2,20,25)/b12-5-. The molecule has 0 unspecified atom stereocenters.